The van der Waals surface area contributed by atoms with Crippen molar-refractivity contribution < 1.29 is 0 Å². The van der Waals surface area contributed by atoms with Gasteiger partial charge in [0.2, 0.25) is 5.95 Å². The summed E-state index contributed by atoms with van der Waals surface area (Å²) >= 11 is 0. The Hall–Kier alpha value is -2.33. The van der Waals surface area contributed by atoms with Crippen molar-refractivity contribution in [1.82, 2.24) is 15.3 Å². The van der Waals surface area contributed by atoms with E-state index >= 15 is 0 Å². The van der Waals surface area contributed by atoms with Crippen molar-refractivity contribution in [3.63, 3.8) is 0 Å². The Kier molecular flexibility index (Phi) is 4.86. The van der Waals surface area contributed by atoms with E-state index in [9.17, 15) is 0 Å². The van der Waals surface area contributed by atoms with Gasteiger partial charge >= 0.3 is 0 Å². The zero-order valence-corrected chi connectivity index (χ0v) is 14.7. The van der Waals surface area contributed by atoms with Crippen LogP contribution in [0, 0.1) is 0 Å². The molecule has 24 heavy (non-hydrogen) atoms. The highest BCUT2D eigenvalue weighted by molar-refractivity contribution is 5.77. The van der Waals surface area contributed by atoms with E-state index in [-0.39, 0.29) is 5.41 Å². The third-order valence-corrected chi connectivity index (χ3v) is 4.72. The van der Waals surface area contributed by atoms with Gasteiger partial charge in [-0.2, -0.15) is 0 Å². The number of nitrogens with one attached hydrogen (secondary N) is 3. The van der Waals surface area contributed by atoms with E-state index in [1.165, 1.54) is 11.1 Å². The predicted octanol–water partition coefficient (Wildman–Crippen LogP) is 4.41. The van der Waals surface area contributed by atoms with Crippen LogP contribution in [0.4, 0.5) is 5.95 Å². The molecular weight excluding hydrogens is 296 g/mol. The molecule has 4 heteroatoms. The Morgan fingerprint density at radius 1 is 1.04 bits per heavy atom. The third-order valence-electron chi connectivity index (χ3n) is 4.72. The van der Waals surface area contributed by atoms with Gasteiger partial charge < -0.3 is 10.3 Å². The van der Waals surface area contributed by atoms with Crippen LogP contribution in [-0.2, 0) is 12.0 Å². The minimum absolute atomic E-state index is 0.245. The lowest BCUT2D eigenvalue weighted by atomic mass is 9.82. The number of nitrogens with zero attached hydrogens (tertiary/aromatic N) is 1. The summed E-state index contributed by atoms with van der Waals surface area (Å²) in [4.78, 5) is 7.76. The Morgan fingerprint density at radius 2 is 1.79 bits per heavy atom. The topological polar surface area (TPSA) is 52.7 Å². The van der Waals surface area contributed by atoms with Crippen LogP contribution in [0.1, 0.15) is 38.3 Å². The minimum Gasteiger partial charge on any atom is -0.343 e. The van der Waals surface area contributed by atoms with Gasteiger partial charge in [0.1, 0.15) is 0 Å². The van der Waals surface area contributed by atoms with E-state index in [2.05, 4.69) is 65.6 Å². The Morgan fingerprint density at radius 3 is 2.50 bits per heavy atom. The maximum atomic E-state index is 4.50. The van der Waals surface area contributed by atoms with Gasteiger partial charge in [-0.25, -0.2) is 4.98 Å². The van der Waals surface area contributed by atoms with E-state index in [4.69, 9.17) is 0 Å². The van der Waals surface area contributed by atoms with Gasteiger partial charge in [-0.3, -0.25) is 5.32 Å². The Balaban J connectivity index is 1.49. The first-order valence-corrected chi connectivity index (χ1v) is 8.57. The van der Waals surface area contributed by atoms with Crippen LogP contribution in [0.15, 0.2) is 48.5 Å². The van der Waals surface area contributed by atoms with Crippen molar-refractivity contribution in [3.8, 4) is 0 Å². The summed E-state index contributed by atoms with van der Waals surface area (Å²) in [7, 11) is 0. The molecule has 1 heterocycles. The first kappa shape index (κ1) is 16.5. The average molecular weight is 322 g/mol. The van der Waals surface area contributed by atoms with E-state index in [0.717, 1.165) is 29.9 Å². The van der Waals surface area contributed by atoms with Gasteiger partial charge in [0.15, 0.2) is 0 Å². The molecule has 3 N–H and O–H groups in total. The predicted molar refractivity (Wildman–Crippen MR) is 101 cm³/mol. The van der Waals surface area contributed by atoms with Crippen LogP contribution in [-0.4, -0.2) is 16.6 Å². The smallest absolute Gasteiger partial charge is 0.202 e. The zero-order valence-electron chi connectivity index (χ0n) is 14.7. The summed E-state index contributed by atoms with van der Waals surface area (Å²) in [5.41, 5.74) is 4.96. The molecule has 3 aromatic rings. The van der Waals surface area contributed by atoms with Crippen LogP contribution >= 0.6 is 0 Å². The fourth-order valence-corrected chi connectivity index (χ4v) is 2.67. The number of anilines is 1. The molecule has 0 aliphatic rings. The molecule has 1 aromatic heterocycles. The lowest BCUT2D eigenvalue weighted by molar-refractivity contribution is 0.506. The monoisotopic (exact) mass is 322 g/mol. The summed E-state index contributed by atoms with van der Waals surface area (Å²) < 4.78 is 0. The maximum Gasteiger partial charge on any atom is 0.202 e. The molecule has 3 rings (SSSR count). The molecule has 0 aliphatic heterocycles. The van der Waals surface area contributed by atoms with Crippen LogP contribution in [0.3, 0.4) is 0 Å². The van der Waals surface area contributed by atoms with Crippen molar-refractivity contribution in [2.75, 3.05) is 12.0 Å². The molecule has 0 saturated carbocycles. The third kappa shape index (κ3) is 3.77. The molecule has 0 radical (unpaired) electrons. The average Bonchev–Trinajstić information content (AvgIpc) is 3.02. The number of aromatic amines is 1. The Labute approximate surface area is 143 Å². The first-order chi connectivity index (χ1) is 11.6. The summed E-state index contributed by atoms with van der Waals surface area (Å²) in [5.74, 6) is 0.795. The van der Waals surface area contributed by atoms with Crippen molar-refractivity contribution in [3.05, 3.63) is 59.7 Å². The van der Waals surface area contributed by atoms with Crippen molar-refractivity contribution in [2.24, 2.45) is 0 Å². The highest BCUT2D eigenvalue weighted by atomic mass is 15.2. The van der Waals surface area contributed by atoms with Crippen molar-refractivity contribution in [1.29, 1.82) is 0 Å². The van der Waals surface area contributed by atoms with E-state index < -0.39 is 0 Å². The molecule has 0 aliphatic carbocycles. The molecule has 0 amide bonds. The van der Waals surface area contributed by atoms with E-state index in [1.54, 1.807) is 0 Å². The summed E-state index contributed by atoms with van der Waals surface area (Å²) in [5, 5.41) is 6.67. The second-order valence-electron chi connectivity index (χ2n) is 6.82. The van der Waals surface area contributed by atoms with Gasteiger partial charge in [0.25, 0.3) is 0 Å². The van der Waals surface area contributed by atoms with Crippen molar-refractivity contribution >= 4 is 17.0 Å². The number of fused-ring (bicyclic) bond motifs is 1. The number of rotatable bonds is 7. The molecule has 126 valence electrons. The zero-order chi connectivity index (χ0) is 17.0. The first-order valence-electron chi connectivity index (χ1n) is 8.57. The maximum absolute atomic E-state index is 4.50. The molecule has 0 bridgehead atoms. The van der Waals surface area contributed by atoms with Crippen LogP contribution in [0.25, 0.3) is 11.0 Å². The van der Waals surface area contributed by atoms with Gasteiger partial charge in [-0.05, 0) is 35.1 Å². The summed E-state index contributed by atoms with van der Waals surface area (Å²) in [6.45, 7) is 8.32. The highest BCUT2D eigenvalue weighted by Crippen LogP contribution is 2.26. The number of aromatic nitrogens is 2. The second-order valence-corrected chi connectivity index (χ2v) is 6.82. The minimum atomic E-state index is 0.245. The second kappa shape index (κ2) is 7.05. The molecule has 0 saturated heterocycles. The standard InChI is InChI=1S/C20H26N4/c1-4-20(2,3)16-11-9-15(10-12-16)13-21-14-22-19-23-17-7-5-6-8-18(17)24-19/h5-12,21H,4,13-14H2,1-3H3,(H2,22,23,24). The molecule has 2 aromatic carbocycles. The number of hydrogen-bond acceptors (Lipinski definition) is 3. The normalized spacial score (nSPS) is 11.8. The molecule has 0 unspecified atom stereocenters. The molecule has 0 atom stereocenters. The number of imidazole rings is 1. The lowest BCUT2D eigenvalue weighted by Gasteiger charge is -2.23. The Bertz CT molecular complexity index is 754. The summed E-state index contributed by atoms with van der Waals surface area (Å²) in [6.07, 6.45) is 1.14. The quantitative estimate of drug-likeness (QED) is 0.446. The van der Waals surface area contributed by atoms with Crippen LogP contribution in [0.5, 0.6) is 0 Å². The molecular formula is C20H26N4. The largest absolute Gasteiger partial charge is 0.343 e. The molecule has 4 nitrogen and oxygen atoms in total. The van der Waals surface area contributed by atoms with Gasteiger partial charge in [-0.15, -0.1) is 0 Å². The van der Waals surface area contributed by atoms with Gasteiger partial charge in [0, 0.05) is 6.54 Å². The number of hydrogen-bond donors (Lipinski definition) is 3. The summed E-state index contributed by atoms with van der Waals surface area (Å²) in [6, 6.07) is 16.9. The number of H-pyrrole nitrogens is 1. The fourth-order valence-electron chi connectivity index (χ4n) is 2.67. The highest BCUT2D eigenvalue weighted by Gasteiger charge is 2.17. The SMILES string of the molecule is CCC(C)(C)c1ccc(CNCNc2nc3ccccc3[nH]2)cc1. The van der Waals surface area contributed by atoms with E-state index in [0.29, 0.717) is 6.67 Å². The van der Waals surface area contributed by atoms with Crippen LogP contribution < -0.4 is 10.6 Å². The molecule has 0 fully saturated rings. The fraction of sp³-hybridized carbons (Fsp3) is 0.350. The van der Waals surface area contributed by atoms with Crippen molar-refractivity contribution in [2.45, 2.75) is 39.2 Å². The number of para-hydroxylation sites is 2. The number of benzene rings is 2. The van der Waals surface area contributed by atoms with Gasteiger partial charge in [-0.1, -0.05) is 57.2 Å². The van der Waals surface area contributed by atoms with Gasteiger partial charge in [0.05, 0.1) is 17.7 Å². The molecule has 0 spiro atoms. The van der Waals surface area contributed by atoms with E-state index in [1.807, 2.05) is 24.3 Å². The lowest BCUT2D eigenvalue weighted by Crippen LogP contribution is -2.22. The van der Waals surface area contributed by atoms with Crippen LogP contribution in [0.2, 0.25) is 0 Å².